The Morgan fingerprint density at radius 1 is 1.50 bits per heavy atom. The Bertz CT molecular complexity index is 436. The number of ether oxygens (including phenoxy) is 1. The number of nitrogens with zero attached hydrogens (tertiary/aromatic N) is 1. The molecule has 0 atom stereocenters. The number of alkyl halides is 1. The number of carboxylic acid groups (broad SMARTS) is 1. The van der Waals surface area contributed by atoms with Crippen LogP contribution in [-0.2, 0) is 13.0 Å². The van der Waals surface area contributed by atoms with Crippen molar-refractivity contribution >= 4 is 17.7 Å². The van der Waals surface area contributed by atoms with Crippen LogP contribution in [0.25, 0.3) is 0 Å². The standard InChI is InChI=1S/C13H16ClNO3/c14-6-2-8-18-12-4-1-3-10-9-15(13(16)17)7-5-11(10)12/h1,3-4H,2,5-9H2,(H,16,17). The summed E-state index contributed by atoms with van der Waals surface area (Å²) in [6, 6.07) is 5.79. The maximum Gasteiger partial charge on any atom is 0.407 e. The number of hydrogen-bond donors (Lipinski definition) is 1. The van der Waals surface area contributed by atoms with E-state index in [1.165, 1.54) is 4.90 Å². The van der Waals surface area contributed by atoms with Gasteiger partial charge in [-0.25, -0.2) is 4.79 Å². The monoisotopic (exact) mass is 269 g/mol. The Hall–Kier alpha value is -1.42. The third-order valence-corrected chi connectivity index (χ3v) is 3.30. The lowest BCUT2D eigenvalue weighted by Gasteiger charge is -2.27. The van der Waals surface area contributed by atoms with Crippen molar-refractivity contribution in [3.05, 3.63) is 29.3 Å². The van der Waals surface area contributed by atoms with Crippen molar-refractivity contribution in [2.75, 3.05) is 19.0 Å². The summed E-state index contributed by atoms with van der Waals surface area (Å²) in [6.07, 6.45) is 0.652. The average molecular weight is 270 g/mol. The zero-order valence-corrected chi connectivity index (χ0v) is 10.8. The molecule has 1 aromatic rings. The van der Waals surface area contributed by atoms with E-state index >= 15 is 0 Å². The molecule has 1 N–H and O–H groups in total. The lowest BCUT2D eigenvalue weighted by Crippen LogP contribution is -2.34. The molecular weight excluding hydrogens is 254 g/mol. The SMILES string of the molecule is O=C(O)N1CCc2c(cccc2OCCCCl)C1. The maximum absolute atomic E-state index is 10.9. The molecule has 98 valence electrons. The van der Waals surface area contributed by atoms with Crippen molar-refractivity contribution in [1.82, 2.24) is 4.90 Å². The summed E-state index contributed by atoms with van der Waals surface area (Å²) in [6.45, 7) is 1.57. The van der Waals surface area contributed by atoms with Crippen molar-refractivity contribution in [3.8, 4) is 5.75 Å². The van der Waals surface area contributed by atoms with Gasteiger partial charge in [-0.3, -0.25) is 0 Å². The fourth-order valence-electron chi connectivity index (χ4n) is 2.11. The molecule has 0 radical (unpaired) electrons. The molecule has 18 heavy (non-hydrogen) atoms. The highest BCUT2D eigenvalue weighted by Crippen LogP contribution is 2.28. The van der Waals surface area contributed by atoms with Gasteiger partial charge in [0.15, 0.2) is 0 Å². The minimum atomic E-state index is -0.867. The summed E-state index contributed by atoms with van der Waals surface area (Å²) in [5, 5.41) is 8.99. The summed E-state index contributed by atoms with van der Waals surface area (Å²) in [4.78, 5) is 12.4. The molecule has 1 heterocycles. The third-order valence-electron chi connectivity index (χ3n) is 3.03. The van der Waals surface area contributed by atoms with E-state index in [0.717, 1.165) is 23.3 Å². The van der Waals surface area contributed by atoms with Crippen LogP contribution in [0.5, 0.6) is 5.75 Å². The smallest absolute Gasteiger partial charge is 0.407 e. The highest BCUT2D eigenvalue weighted by molar-refractivity contribution is 6.17. The van der Waals surface area contributed by atoms with Crippen LogP contribution in [0.4, 0.5) is 4.79 Å². The third kappa shape index (κ3) is 2.88. The highest BCUT2D eigenvalue weighted by Gasteiger charge is 2.22. The largest absolute Gasteiger partial charge is 0.493 e. The van der Waals surface area contributed by atoms with Gasteiger partial charge in [0.25, 0.3) is 0 Å². The number of benzene rings is 1. The van der Waals surface area contributed by atoms with E-state index in [4.69, 9.17) is 21.4 Å². The first-order valence-corrected chi connectivity index (χ1v) is 6.53. The number of carbonyl (C=O) groups is 1. The summed E-state index contributed by atoms with van der Waals surface area (Å²) in [5.41, 5.74) is 2.16. The molecule has 0 aliphatic carbocycles. The van der Waals surface area contributed by atoms with Crippen molar-refractivity contribution in [2.45, 2.75) is 19.4 Å². The van der Waals surface area contributed by atoms with Crippen molar-refractivity contribution in [3.63, 3.8) is 0 Å². The van der Waals surface area contributed by atoms with E-state index in [2.05, 4.69) is 0 Å². The van der Waals surface area contributed by atoms with Crippen LogP contribution >= 0.6 is 11.6 Å². The number of fused-ring (bicyclic) bond motifs is 1. The number of rotatable bonds is 4. The number of halogens is 1. The summed E-state index contributed by atoms with van der Waals surface area (Å²) >= 11 is 5.61. The molecule has 0 aromatic heterocycles. The van der Waals surface area contributed by atoms with Gasteiger partial charge in [0.2, 0.25) is 0 Å². The predicted octanol–water partition coefficient (Wildman–Crippen LogP) is 2.73. The Morgan fingerprint density at radius 3 is 3.06 bits per heavy atom. The van der Waals surface area contributed by atoms with Crippen LogP contribution in [0.1, 0.15) is 17.5 Å². The molecule has 1 amide bonds. The van der Waals surface area contributed by atoms with E-state index in [-0.39, 0.29) is 0 Å². The van der Waals surface area contributed by atoms with Gasteiger partial charge in [-0.05, 0) is 24.5 Å². The van der Waals surface area contributed by atoms with E-state index in [1.807, 2.05) is 18.2 Å². The lowest BCUT2D eigenvalue weighted by atomic mass is 9.99. The number of hydrogen-bond acceptors (Lipinski definition) is 2. The first-order chi connectivity index (χ1) is 8.72. The van der Waals surface area contributed by atoms with Crippen molar-refractivity contribution < 1.29 is 14.6 Å². The Morgan fingerprint density at radius 2 is 2.33 bits per heavy atom. The summed E-state index contributed by atoms with van der Waals surface area (Å²) in [7, 11) is 0. The maximum atomic E-state index is 10.9. The first kappa shape index (κ1) is 13.0. The zero-order chi connectivity index (χ0) is 13.0. The molecule has 5 heteroatoms. The van der Waals surface area contributed by atoms with Crippen LogP contribution in [0.2, 0.25) is 0 Å². The van der Waals surface area contributed by atoms with Crippen molar-refractivity contribution in [2.24, 2.45) is 0 Å². The van der Waals surface area contributed by atoms with E-state index in [0.29, 0.717) is 32.0 Å². The average Bonchev–Trinajstić information content (AvgIpc) is 2.38. The van der Waals surface area contributed by atoms with Gasteiger partial charge in [-0.2, -0.15) is 0 Å². The predicted molar refractivity (Wildman–Crippen MR) is 69.4 cm³/mol. The molecular formula is C13H16ClNO3. The Kier molecular flexibility index (Phi) is 4.31. The fourth-order valence-corrected chi connectivity index (χ4v) is 2.22. The van der Waals surface area contributed by atoms with Gasteiger partial charge in [-0.15, -0.1) is 11.6 Å². The minimum Gasteiger partial charge on any atom is -0.493 e. The summed E-state index contributed by atoms with van der Waals surface area (Å²) in [5.74, 6) is 1.45. The van der Waals surface area contributed by atoms with Crippen molar-refractivity contribution in [1.29, 1.82) is 0 Å². The second-order valence-corrected chi connectivity index (χ2v) is 4.62. The molecule has 0 spiro atoms. The van der Waals surface area contributed by atoms with Gasteiger partial charge in [-0.1, -0.05) is 12.1 Å². The van der Waals surface area contributed by atoms with Gasteiger partial charge >= 0.3 is 6.09 Å². The Labute approximate surface area is 111 Å². The lowest BCUT2D eigenvalue weighted by molar-refractivity contribution is 0.139. The molecule has 0 fully saturated rings. The molecule has 2 rings (SSSR count). The Balaban J connectivity index is 2.11. The van der Waals surface area contributed by atoms with E-state index in [9.17, 15) is 4.79 Å². The minimum absolute atomic E-state index is 0.442. The second-order valence-electron chi connectivity index (χ2n) is 4.24. The highest BCUT2D eigenvalue weighted by atomic mass is 35.5. The zero-order valence-electron chi connectivity index (χ0n) is 10.1. The molecule has 4 nitrogen and oxygen atoms in total. The van der Waals surface area contributed by atoms with Crippen LogP contribution in [0.3, 0.4) is 0 Å². The number of amides is 1. The second kappa shape index (κ2) is 5.96. The molecule has 0 bridgehead atoms. The van der Waals surface area contributed by atoms with Gasteiger partial charge in [0.05, 0.1) is 6.61 Å². The molecule has 1 aromatic carbocycles. The van der Waals surface area contributed by atoms with Crippen LogP contribution in [-0.4, -0.2) is 35.1 Å². The van der Waals surface area contributed by atoms with Crippen LogP contribution < -0.4 is 4.74 Å². The van der Waals surface area contributed by atoms with Gasteiger partial charge in [0, 0.05) is 24.5 Å². The fraction of sp³-hybridized carbons (Fsp3) is 0.462. The van der Waals surface area contributed by atoms with E-state index < -0.39 is 6.09 Å². The van der Waals surface area contributed by atoms with E-state index in [1.54, 1.807) is 0 Å². The van der Waals surface area contributed by atoms with Crippen LogP contribution in [0.15, 0.2) is 18.2 Å². The topological polar surface area (TPSA) is 49.8 Å². The normalized spacial score (nSPS) is 14.2. The first-order valence-electron chi connectivity index (χ1n) is 5.99. The molecule has 0 saturated carbocycles. The molecule has 0 unspecified atom stereocenters. The molecule has 1 aliphatic heterocycles. The molecule has 0 saturated heterocycles. The quantitative estimate of drug-likeness (QED) is 0.675. The van der Waals surface area contributed by atoms with Crippen LogP contribution in [0, 0.1) is 0 Å². The molecule has 1 aliphatic rings. The van der Waals surface area contributed by atoms with Gasteiger partial charge in [0.1, 0.15) is 5.75 Å². The summed E-state index contributed by atoms with van der Waals surface area (Å²) < 4.78 is 5.69. The van der Waals surface area contributed by atoms with Gasteiger partial charge < -0.3 is 14.7 Å².